The topological polar surface area (TPSA) is 50.2 Å². The van der Waals surface area contributed by atoms with E-state index in [9.17, 15) is 4.79 Å². The van der Waals surface area contributed by atoms with Crippen LogP contribution in [-0.2, 0) is 0 Å². The Morgan fingerprint density at radius 2 is 2.42 bits per heavy atom. The van der Waals surface area contributed by atoms with E-state index in [0.717, 1.165) is 0 Å². The van der Waals surface area contributed by atoms with Crippen molar-refractivity contribution in [2.75, 3.05) is 0 Å². The molecular formula is C6H3BrClN3O. The predicted molar refractivity (Wildman–Crippen MR) is 48.5 cm³/mol. The average Bonchev–Trinajstić information content (AvgIpc) is 2.35. The van der Waals surface area contributed by atoms with Crippen molar-refractivity contribution in [3.05, 3.63) is 32.2 Å². The lowest BCUT2D eigenvalue weighted by Gasteiger charge is -1.94. The number of pyridine rings is 1. The molecule has 2 heterocycles. The SMILES string of the molecule is O=c1[nH]nc2cc(Cl)c(Br)cn12. The van der Waals surface area contributed by atoms with E-state index in [0.29, 0.717) is 15.1 Å². The Hall–Kier alpha value is -0.810. The van der Waals surface area contributed by atoms with Crippen LogP contribution in [0, 0.1) is 0 Å². The Kier molecular flexibility index (Phi) is 1.69. The second-order valence-corrected chi connectivity index (χ2v) is 3.49. The van der Waals surface area contributed by atoms with Crippen molar-refractivity contribution < 1.29 is 0 Å². The third kappa shape index (κ3) is 1.05. The highest BCUT2D eigenvalue weighted by Crippen LogP contribution is 2.21. The largest absolute Gasteiger partial charge is 0.347 e. The zero-order valence-electron chi connectivity index (χ0n) is 5.71. The number of rotatable bonds is 0. The summed E-state index contributed by atoms with van der Waals surface area (Å²) in [5.74, 6) is 0. The number of aromatic nitrogens is 3. The molecule has 6 heteroatoms. The van der Waals surface area contributed by atoms with Gasteiger partial charge in [-0.25, -0.2) is 14.3 Å². The minimum absolute atomic E-state index is 0.276. The molecule has 0 aliphatic carbocycles. The van der Waals surface area contributed by atoms with E-state index in [1.807, 2.05) is 0 Å². The highest BCUT2D eigenvalue weighted by atomic mass is 79.9. The number of nitrogens with zero attached hydrogens (tertiary/aromatic N) is 2. The molecule has 2 aromatic heterocycles. The van der Waals surface area contributed by atoms with Gasteiger partial charge in [-0.3, -0.25) is 0 Å². The van der Waals surface area contributed by atoms with E-state index in [1.165, 1.54) is 4.40 Å². The van der Waals surface area contributed by atoms with Gasteiger partial charge in [-0.2, -0.15) is 5.10 Å². The Bertz CT molecular complexity index is 489. The summed E-state index contributed by atoms with van der Waals surface area (Å²) in [6, 6.07) is 1.60. The molecule has 0 aliphatic rings. The van der Waals surface area contributed by atoms with Crippen LogP contribution in [0.4, 0.5) is 0 Å². The van der Waals surface area contributed by atoms with Crippen molar-refractivity contribution in [3.63, 3.8) is 0 Å². The summed E-state index contributed by atoms with van der Waals surface area (Å²) >= 11 is 8.98. The summed E-state index contributed by atoms with van der Waals surface area (Å²) in [5, 5.41) is 6.58. The molecule has 0 unspecified atom stereocenters. The van der Waals surface area contributed by atoms with E-state index >= 15 is 0 Å². The Morgan fingerprint density at radius 3 is 3.17 bits per heavy atom. The first-order chi connectivity index (χ1) is 5.68. The zero-order valence-corrected chi connectivity index (χ0v) is 8.06. The van der Waals surface area contributed by atoms with Crippen LogP contribution in [0.1, 0.15) is 0 Å². The second kappa shape index (κ2) is 2.60. The maximum atomic E-state index is 11.0. The summed E-state index contributed by atoms with van der Waals surface area (Å²) in [6.07, 6.45) is 1.57. The Morgan fingerprint density at radius 1 is 1.67 bits per heavy atom. The minimum Gasteiger partial charge on any atom is -0.249 e. The highest BCUT2D eigenvalue weighted by Gasteiger charge is 2.03. The lowest BCUT2D eigenvalue weighted by atomic mass is 10.5. The number of aromatic amines is 1. The monoisotopic (exact) mass is 247 g/mol. The number of nitrogens with one attached hydrogen (secondary N) is 1. The Balaban J connectivity index is 2.97. The molecule has 0 aromatic carbocycles. The van der Waals surface area contributed by atoms with Crippen LogP contribution < -0.4 is 5.69 Å². The smallest absolute Gasteiger partial charge is 0.249 e. The van der Waals surface area contributed by atoms with Gasteiger partial charge in [0.05, 0.1) is 9.50 Å². The molecule has 2 rings (SSSR count). The number of H-pyrrole nitrogens is 1. The maximum Gasteiger partial charge on any atom is 0.347 e. The maximum absolute atomic E-state index is 11.0. The van der Waals surface area contributed by atoms with Gasteiger partial charge in [-0.05, 0) is 15.9 Å². The third-order valence-corrected chi connectivity index (χ3v) is 2.63. The van der Waals surface area contributed by atoms with Crippen LogP contribution in [0.15, 0.2) is 21.5 Å². The second-order valence-electron chi connectivity index (χ2n) is 2.23. The van der Waals surface area contributed by atoms with Crippen LogP contribution in [0.2, 0.25) is 5.02 Å². The van der Waals surface area contributed by atoms with Crippen LogP contribution >= 0.6 is 27.5 Å². The predicted octanol–water partition coefficient (Wildman–Crippen LogP) is 1.44. The molecule has 0 aliphatic heterocycles. The first kappa shape index (κ1) is 7.82. The first-order valence-corrected chi connectivity index (χ1v) is 4.27. The molecule has 0 bridgehead atoms. The molecule has 12 heavy (non-hydrogen) atoms. The van der Waals surface area contributed by atoms with Crippen LogP contribution in [0.25, 0.3) is 5.65 Å². The van der Waals surface area contributed by atoms with Crippen LogP contribution in [0.5, 0.6) is 0 Å². The lowest BCUT2D eigenvalue weighted by Crippen LogP contribution is -2.08. The fourth-order valence-electron chi connectivity index (χ4n) is 0.901. The molecule has 0 fully saturated rings. The first-order valence-electron chi connectivity index (χ1n) is 3.10. The molecular weight excluding hydrogens is 245 g/mol. The molecule has 0 atom stereocenters. The summed E-state index contributed by atoms with van der Waals surface area (Å²) in [6.45, 7) is 0. The van der Waals surface area contributed by atoms with Crippen molar-refractivity contribution in [2.24, 2.45) is 0 Å². The molecule has 0 amide bonds. The van der Waals surface area contributed by atoms with Gasteiger partial charge in [0.15, 0.2) is 5.65 Å². The molecule has 0 saturated carbocycles. The van der Waals surface area contributed by atoms with Crippen molar-refractivity contribution in [2.45, 2.75) is 0 Å². The van der Waals surface area contributed by atoms with Crippen LogP contribution in [0.3, 0.4) is 0 Å². The lowest BCUT2D eigenvalue weighted by molar-refractivity contribution is 1.02. The van der Waals surface area contributed by atoms with Gasteiger partial charge in [0, 0.05) is 12.3 Å². The molecule has 0 spiro atoms. The minimum atomic E-state index is -0.276. The number of hydrogen-bond acceptors (Lipinski definition) is 2. The summed E-state index contributed by atoms with van der Waals surface area (Å²) in [4.78, 5) is 11.0. The van der Waals surface area contributed by atoms with Crippen molar-refractivity contribution in [1.29, 1.82) is 0 Å². The van der Waals surface area contributed by atoms with E-state index in [4.69, 9.17) is 11.6 Å². The van der Waals surface area contributed by atoms with Gasteiger partial charge < -0.3 is 0 Å². The molecule has 0 saturated heterocycles. The summed E-state index contributed by atoms with van der Waals surface area (Å²) < 4.78 is 2.04. The van der Waals surface area contributed by atoms with E-state index < -0.39 is 0 Å². The van der Waals surface area contributed by atoms with Gasteiger partial charge in [-0.1, -0.05) is 11.6 Å². The third-order valence-electron chi connectivity index (χ3n) is 1.46. The molecule has 1 N–H and O–H groups in total. The summed E-state index contributed by atoms with van der Waals surface area (Å²) in [5.41, 5.74) is 0.232. The average molecular weight is 248 g/mol. The van der Waals surface area contributed by atoms with Gasteiger partial charge >= 0.3 is 5.69 Å². The molecule has 2 aromatic rings. The number of hydrogen-bond donors (Lipinski definition) is 1. The van der Waals surface area contributed by atoms with E-state index in [-0.39, 0.29) is 5.69 Å². The molecule has 62 valence electrons. The van der Waals surface area contributed by atoms with Gasteiger partial charge in [0.2, 0.25) is 0 Å². The molecule has 4 nitrogen and oxygen atoms in total. The van der Waals surface area contributed by atoms with Gasteiger partial charge in [-0.15, -0.1) is 0 Å². The van der Waals surface area contributed by atoms with Crippen molar-refractivity contribution in [1.82, 2.24) is 14.6 Å². The standard InChI is InChI=1S/C6H3BrClN3O/c7-3-2-11-5(1-4(3)8)9-10-6(11)12/h1-2H,(H,10,12). The van der Waals surface area contributed by atoms with E-state index in [2.05, 4.69) is 26.1 Å². The van der Waals surface area contributed by atoms with Crippen LogP contribution in [-0.4, -0.2) is 14.6 Å². The van der Waals surface area contributed by atoms with Gasteiger partial charge in [0.25, 0.3) is 0 Å². The Labute approximate surface area is 80.3 Å². The normalized spacial score (nSPS) is 10.8. The van der Waals surface area contributed by atoms with Crippen molar-refractivity contribution >= 4 is 33.2 Å². The van der Waals surface area contributed by atoms with Gasteiger partial charge in [0.1, 0.15) is 0 Å². The highest BCUT2D eigenvalue weighted by molar-refractivity contribution is 9.10. The van der Waals surface area contributed by atoms with Crippen molar-refractivity contribution in [3.8, 4) is 0 Å². The summed E-state index contributed by atoms with van der Waals surface area (Å²) in [7, 11) is 0. The zero-order chi connectivity index (χ0) is 8.72. The fraction of sp³-hybridized carbons (Fsp3) is 0. The van der Waals surface area contributed by atoms with E-state index in [1.54, 1.807) is 12.3 Å². The quantitative estimate of drug-likeness (QED) is 0.767. The fourth-order valence-corrected chi connectivity index (χ4v) is 1.37. The molecule has 0 radical (unpaired) electrons. The number of halogens is 2. The number of fused-ring (bicyclic) bond motifs is 1.